The second-order valence-electron chi connectivity index (χ2n) is 3.82. The van der Waals surface area contributed by atoms with Gasteiger partial charge in [-0.05, 0) is 12.1 Å². The van der Waals surface area contributed by atoms with Crippen molar-refractivity contribution in [3.05, 3.63) is 69.8 Å². The van der Waals surface area contributed by atoms with E-state index in [-0.39, 0.29) is 5.56 Å². The highest BCUT2D eigenvalue weighted by atomic mass is 19.1. The molecule has 0 atom stereocenters. The van der Waals surface area contributed by atoms with E-state index in [1.54, 1.807) is 24.3 Å². The number of halogens is 2. The van der Waals surface area contributed by atoms with E-state index >= 15 is 0 Å². The topological polar surface area (TPSA) is 67.5 Å². The Kier molecular flexibility index (Phi) is 3.99. The average Bonchev–Trinajstić information content (AvgIpc) is 2.42. The molecule has 0 aliphatic rings. The zero-order valence-corrected chi connectivity index (χ0v) is 10.1. The first-order chi connectivity index (χ1) is 9.58. The van der Waals surface area contributed by atoms with Crippen molar-refractivity contribution in [2.45, 2.75) is 0 Å². The van der Waals surface area contributed by atoms with Gasteiger partial charge in [-0.1, -0.05) is 18.2 Å². The predicted octanol–water partition coefficient (Wildman–Crippen LogP) is 3.32. The van der Waals surface area contributed by atoms with Crippen molar-refractivity contribution < 1.29 is 13.7 Å². The number of hydrogen-bond acceptors (Lipinski definition) is 4. The highest BCUT2D eigenvalue weighted by molar-refractivity contribution is 5.81. The molecule has 2 aromatic carbocycles. The fraction of sp³-hybridized carbons (Fsp3) is 0. The number of benzene rings is 2. The third-order valence-corrected chi connectivity index (χ3v) is 2.43. The number of nitro benzene ring substituents is 1. The molecule has 2 rings (SSSR count). The number of nitrogens with zero attached hydrogens (tertiary/aromatic N) is 2. The molecule has 102 valence electrons. The van der Waals surface area contributed by atoms with Crippen LogP contribution in [0, 0.1) is 21.7 Å². The van der Waals surface area contributed by atoms with E-state index in [0.717, 1.165) is 12.3 Å². The van der Waals surface area contributed by atoms with Gasteiger partial charge in [0.05, 0.1) is 16.8 Å². The summed E-state index contributed by atoms with van der Waals surface area (Å²) in [5, 5.41) is 14.3. The van der Waals surface area contributed by atoms with Gasteiger partial charge in [-0.15, -0.1) is 0 Å². The van der Waals surface area contributed by atoms with E-state index in [0.29, 0.717) is 11.8 Å². The van der Waals surface area contributed by atoms with Gasteiger partial charge in [0.15, 0.2) is 0 Å². The van der Waals surface area contributed by atoms with Gasteiger partial charge in [0.25, 0.3) is 0 Å². The number of anilines is 1. The van der Waals surface area contributed by atoms with Crippen LogP contribution in [-0.2, 0) is 0 Å². The standard InChI is InChI=1S/C13H9F2N3O2/c14-11-7-12(15)13(18(19)20)6-9(11)8-16-17-10-4-2-1-3-5-10/h1-8,17H. The molecule has 1 N–H and O–H groups in total. The smallest absolute Gasteiger partial charge is 0.279 e. The number of nitrogens with one attached hydrogen (secondary N) is 1. The average molecular weight is 277 g/mol. The Bertz CT molecular complexity index is 660. The Morgan fingerprint density at radius 1 is 1.15 bits per heavy atom. The van der Waals surface area contributed by atoms with Crippen molar-refractivity contribution >= 4 is 17.6 Å². The van der Waals surface area contributed by atoms with Gasteiger partial charge in [-0.25, -0.2) is 4.39 Å². The van der Waals surface area contributed by atoms with Crippen molar-refractivity contribution in [1.29, 1.82) is 0 Å². The molecule has 0 saturated carbocycles. The van der Waals surface area contributed by atoms with Crippen molar-refractivity contribution in [1.82, 2.24) is 0 Å². The number of para-hydroxylation sites is 1. The first-order valence-electron chi connectivity index (χ1n) is 5.55. The van der Waals surface area contributed by atoms with Crippen LogP contribution in [0.25, 0.3) is 0 Å². The number of hydrogen-bond donors (Lipinski definition) is 1. The van der Waals surface area contributed by atoms with Gasteiger partial charge in [-0.2, -0.15) is 9.49 Å². The van der Waals surface area contributed by atoms with Crippen LogP contribution in [-0.4, -0.2) is 11.1 Å². The van der Waals surface area contributed by atoms with Crippen LogP contribution in [0.3, 0.4) is 0 Å². The molecule has 0 spiro atoms. The lowest BCUT2D eigenvalue weighted by atomic mass is 10.2. The maximum atomic E-state index is 13.4. The minimum Gasteiger partial charge on any atom is -0.279 e. The fourth-order valence-electron chi connectivity index (χ4n) is 1.48. The monoisotopic (exact) mass is 277 g/mol. The number of nitro groups is 1. The molecule has 0 radical (unpaired) electrons. The maximum Gasteiger partial charge on any atom is 0.305 e. The fourth-order valence-corrected chi connectivity index (χ4v) is 1.48. The van der Waals surface area contributed by atoms with Crippen molar-refractivity contribution in [3.63, 3.8) is 0 Å². The zero-order chi connectivity index (χ0) is 14.5. The zero-order valence-electron chi connectivity index (χ0n) is 10.1. The second-order valence-corrected chi connectivity index (χ2v) is 3.82. The van der Waals surface area contributed by atoms with Gasteiger partial charge < -0.3 is 0 Å². The molecule has 0 saturated heterocycles. The van der Waals surface area contributed by atoms with E-state index in [1.165, 1.54) is 0 Å². The quantitative estimate of drug-likeness (QED) is 0.529. The lowest BCUT2D eigenvalue weighted by Crippen LogP contribution is -1.99. The van der Waals surface area contributed by atoms with Gasteiger partial charge in [0, 0.05) is 17.7 Å². The van der Waals surface area contributed by atoms with Gasteiger partial charge >= 0.3 is 5.69 Å². The van der Waals surface area contributed by atoms with Crippen LogP contribution in [0.5, 0.6) is 0 Å². The molecule has 0 aliphatic heterocycles. The summed E-state index contributed by atoms with van der Waals surface area (Å²) in [5.41, 5.74) is 2.31. The maximum absolute atomic E-state index is 13.4. The molecule has 5 nitrogen and oxygen atoms in total. The second kappa shape index (κ2) is 5.87. The SMILES string of the molecule is O=[N+]([O-])c1cc(C=NNc2ccccc2)c(F)cc1F. The summed E-state index contributed by atoms with van der Waals surface area (Å²) in [7, 11) is 0. The minimum absolute atomic E-state index is 0.179. The Labute approximate surface area is 112 Å². The summed E-state index contributed by atoms with van der Waals surface area (Å²) < 4.78 is 26.6. The van der Waals surface area contributed by atoms with Crippen molar-refractivity contribution in [2.24, 2.45) is 5.10 Å². The molecule has 7 heteroatoms. The summed E-state index contributed by atoms with van der Waals surface area (Å²) in [6, 6.07) is 10.1. The van der Waals surface area contributed by atoms with Gasteiger partial charge in [0.2, 0.25) is 5.82 Å². The molecule has 0 fully saturated rings. The highest BCUT2D eigenvalue weighted by Gasteiger charge is 2.17. The van der Waals surface area contributed by atoms with Crippen LogP contribution in [0.4, 0.5) is 20.2 Å². The normalized spacial score (nSPS) is 10.7. The molecule has 0 amide bonds. The van der Waals surface area contributed by atoms with Crippen LogP contribution >= 0.6 is 0 Å². The molecule has 0 aromatic heterocycles. The predicted molar refractivity (Wildman–Crippen MR) is 70.7 cm³/mol. The molecule has 0 aliphatic carbocycles. The molecule has 0 heterocycles. The van der Waals surface area contributed by atoms with Crippen molar-refractivity contribution in [3.8, 4) is 0 Å². The number of hydrazone groups is 1. The summed E-state index contributed by atoms with van der Waals surface area (Å²) >= 11 is 0. The molecule has 2 aromatic rings. The van der Waals surface area contributed by atoms with E-state index in [2.05, 4.69) is 10.5 Å². The molecule has 20 heavy (non-hydrogen) atoms. The molecule has 0 bridgehead atoms. The van der Waals surface area contributed by atoms with Gasteiger partial charge in [-0.3, -0.25) is 15.5 Å². The lowest BCUT2D eigenvalue weighted by molar-refractivity contribution is -0.387. The van der Waals surface area contributed by atoms with E-state index in [4.69, 9.17) is 0 Å². The summed E-state index contributed by atoms with van der Waals surface area (Å²) in [6.07, 6.45) is 1.05. The van der Waals surface area contributed by atoms with Crippen LogP contribution < -0.4 is 5.43 Å². The Morgan fingerprint density at radius 3 is 2.50 bits per heavy atom. The summed E-state index contributed by atoms with van der Waals surface area (Å²) in [4.78, 5) is 9.64. The minimum atomic E-state index is -1.22. The molecule has 0 unspecified atom stereocenters. The van der Waals surface area contributed by atoms with E-state index in [1.807, 2.05) is 6.07 Å². The van der Waals surface area contributed by atoms with Crippen molar-refractivity contribution in [2.75, 3.05) is 5.43 Å². The lowest BCUT2D eigenvalue weighted by Gasteiger charge is -2.00. The highest BCUT2D eigenvalue weighted by Crippen LogP contribution is 2.20. The summed E-state index contributed by atoms with van der Waals surface area (Å²) in [5.74, 6) is -2.15. The van der Waals surface area contributed by atoms with Crippen LogP contribution in [0.2, 0.25) is 0 Å². The summed E-state index contributed by atoms with van der Waals surface area (Å²) in [6.45, 7) is 0. The molecular weight excluding hydrogens is 268 g/mol. The third-order valence-electron chi connectivity index (χ3n) is 2.43. The first kappa shape index (κ1) is 13.6. The van der Waals surface area contributed by atoms with E-state index < -0.39 is 22.2 Å². The van der Waals surface area contributed by atoms with E-state index in [9.17, 15) is 18.9 Å². The Balaban J connectivity index is 2.21. The largest absolute Gasteiger partial charge is 0.305 e. The molecular formula is C13H9F2N3O2. The Morgan fingerprint density at radius 2 is 1.85 bits per heavy atom. The van der Waals surface area contributed by atoms with Crippen LogP contribution in [0.1, 0.15) is 5.56 Å². The third kappa shape index (κ3) is 3.14. The Hall–Kier alpha value is -2.83. The van der Waals surface area contributed by atoms with Gasteiger partial charge in [0.1, 0.15) is 5.82 Å². The number of rotatable bonds is 4. The van der Waals surface area contributed by atoms with Crippen LogP contribution in [0.15, 0.2) is 47.6 Å². The first-order valence-corrected chi connectivity index (χ1v) is 5.55.